The van der Waals surface area contributed by atoms with E-state index in [4.69, 9.17) is 9.47 Å². The van der Waals surface area contributed by atoms with Gasteiger partial charge in [0.25, 0.3) is 0 Å². The molecule has 1 aromatic heterocycles. The third kappa shape index (κ3) is 3.54. The second kappa shape index (κ2) is 6.74. The zero-order valence-corrected chi connectivity index (χ0v) is 13.3. The van der Waals surface area contributed by atoms with E-state index in [9.17, 15) is 9.59 Å². The van der Waals surface area contributed by atoms with Crippen LogP contribution in [0.4, 0.5) is 5.69 Å². The second-order valence-electron chi connectivity index (χ2n) is 5.45. The molecule has 0 bridgehead atoms. The number of hydrogen-bond donors (Lipinski definition) is 1. The lowest BCUT2D eigenvalue weighted by Crippen LogP contribution is -2.54. The number of nitrogens with zero attached hydrogens (tertiary/aromatic N) is 2. The van der Waals surface area contributed by atoms with Crippen molar-refractivity contribution >= 4 is 17.6 Å². The highest BCUT2D eigenvalue weighted by Crippen LogP contribution is 2.21. The topological polar surface area (TPSA) is 80.8 Å². The summed E-state index contributed by atoms with van der Waals surface area (Å²) in [6.45, 7) is 5.73. The molecule has 1 N–H and O–H groups in total. The van der Waals surface area contributed by atoms with Gasteiger partial charge >= 0.3 is 11.9 Å². The van der Waals surface area contributed by atoms with Crippen LogP contribution in [0.2, 0.25) is 0 Å². The van der Waals surface area contributed by atoms with Gasteiger partial charge in [0.1, 0.15) is 0 Å². The minimum Gasteiger partial charge on any atom is -0.464 e. The summed E-state index contributed by atoms with van der Waals surface area (Å²) in [6.07, 6.45) is 0. The van der Waals surface area contributed by atoms with E-state index < -0.39 is 11.9 Å². The fraction of sp³-hybridized carbons (Fsp3) is 0.533. The van der Waals surface area contributed by atoms with Gasteiger partial charge in [0.2, 0.25) is 0 Å². The van der Waals surface area contributed by atoms with Gasteiger partial charge in [0.15, 0.2) is 11.4 Å². The largest absolute Gasteiger partial charge is 0.464 e. The molecule has 0 aromatic carbocycles. The fourth-order valence-corrected chi connectivity index (χ4v) is 2.65. The molecule has 0 saturated carbocycles. The predicted octanol–water partition coefficient (Wildman–Crippen LogP) is 0.841. The van der Waals surface area contributed by atoms with Gasteiger partial charge in [-0.05, 0) is 26.0 Å². The van der Waals surface area contributed by atoms with Crippen molar-refractivity contribution in [1.29, 1.82) is 0 Å². The Kier molecular flexibility index (Phi) is 4.97. The number of hydrogen-bond acceptors (Lipinski definition) is 7. The maximum atomic E-state index is 11.8. The van der Waals surface area contributed by atoms with Gasteiger partial charge in [0, 0.05) is 30.9 Å². The molecule has 2 atom stereocenters. The van der Waals surface area contributed by atoms with Crippen LogP contribution in [0.15, 0.2) is 12.1 Å². The highest BCUT2D eigenvalue weighted by molar-refractivity contribution is 5.93. The zero-order valence-electron chi connectivity index (χ0n) is 13.3. The first-order chi connectivity index (χ1) is 10.4. The van der Waals surface area contributed by atoms with E-state index in [0.717, 1.165) is 18.8 Å². The molecule has 7 nitrogen and oxygen atoms in total. The van der Waals surface area contributed by atoms with Crippen LogP contribution in [0.3, 0.4) is 0 Å². The molecule has 2 rings (SSSR count). The third-order valence-corrected chi connectivity index (χ3v) is 3.52. The summed E-state index contributed by atoms with van der Waals surface area (Å²) in [7, 11) is 2.56. The number of carbonyl (C=O) groups excluding carboxylic acids is 2. The van der Waals surface area contributed by atoms with E-state index in [1.165, 1.54) is 14.2 Å². The van der Waals surface area contributed by atoms with Crippen LogP contribution in [0.1, 0.15) is 34.8 Å². The quantitative estimate of drug-likeness (QED) is 0.829. The Balaban J connectivity index is 2.40. The Morgan fingerprint density at radius 2 is 1.55 bits per heavy atom. The van der Waals surface area contributed by atoms with E-state index in [1.54, 1.807) is 12.1 Å². The molecule has 0 unspecified atom stereocenters. The minimum atomic E-state index is -0.580. The van der Waals surface area contributed by atoms with Crippen molar-refractivity contribution in [3.63, 3.8) is 0 Å². The van der Waals surface area contributed by atoms with Crippen molar-refractivity contribution in [3.05, 3.63) is 23.5 Å². The minimum absolute atomic E-state index is 0.0965. The number of anilines is 1. The SMILES string of the molecule is COC(=O)c1cc(N2C[C@@H](C)N[C@@H](C)C2)cc(C(=O)OC)n1. The Morgan fingerprint density at radius 1 is 1.09 bits per heavy atom. The number of rotatable bonds is 3. The van der Waals surface area contributed by atoms with Crippen molar-refractivity contribution in [2.24, 2.45) is 0 Å². The van der Waals surface area contributed by atoms with Gasteiger partial charge in [-0.25, -0.2) is 14.6 Å². The van der Waals surface area contributed by atoms with E-state index >= 15 is 0 Å². The molecule has 1 aliphatic heterocycles. The molecule has 0 aliphatic carbocycles. The normalized spacial score (nSPS) is 21.4. The first kappa shape index (κ1) is 16.2. The lowest BCUT2D eigenvalue weighted by Gasteiger charge is -2.37. The molecular formula is C15H21N3O4. The summed E-state index contributed by atoms with van der Waals surface area (Å²) in [5.74, 6) is -1.16. The third-order valence-electron chi connectivity index (χ3n) is 3.52. The first-order valence-corrected chi connectivity index (χ1v) is 7.14. The number of ether oxygens (including phenoxy) is 2. The second-order valence-corrected chi connectivity index (χ2v) is 5.45. The van der Waals surface area contributed by atoms with Gasteiger partial charge in [-0.1, -0.05) is 0 Å². The summed E-state index contributed by atoms with van der Waals surface area (Å²) in [5, 5.41) is 3.44. The summed E-state index contributed by atoms with van der Waals surface area (Å²) >= 11 is 0. The molecule has 0 spiro atoms. The molecular weight excluding hydrogens is 286 g/mol. The van der Waals surface area contributed by atoms with Crippen LogP contribution in [-0.2, 0) is 9.47 Å². The van der Waals surface area contributed by atoms with Crippen LogP contribution in [0.25, 0.3) is 0 Å². The highest BCUT2D eigenvalue weighted by Gasteiger charge is 2.24. The number of piperazine rings is 1. The molecule has 0 amide bonds. The molecule has 1 aromatic rings. The molecule has 22 heavy (non-hydrogen) atoms. The van der Waals surface area contributed by atoms with Gasteiger partial charge in [-0.15, -0.1) is 0 Å². The summed E-state index contributed by atoms with van der Waals surface area (Å²) in [6, 6.07) is 3.90. The average molecular weight is 307 g/mol. The van der Waals surface area contributed by atoms with Gasteiger partial charge in [-0.3, -0.25) is 0 Å². The Bertz CT molecular complexity index is 532. The first-order valence-electron chi connectivity index (χ1n) is 7.14. The predicted molar refractivity (Wildman–Crippen MR) is 81.2 cm³/mol. The lowest BCUT2D eigenvalue weighted by molar-refractivity contribution is 0.0586. The van der Waals surface area contributed by atoms with Gasteiger partial charge < -0.3 is 19.7 Å². The molecule has 1 fully saturated rings. The van der Waals surface area contributed by atoms with E-state index in [0.29, 0.717) is 12.1 Å². The van der Waals surface area contributed by atoms with E-state index in [-0.39, 0.29) is 11.4 Å². The molecule has 0 radical (unpaired) electrons. The van der Waals surface area contributed by atoms with Crippen LogP contribution in [-0.4, -0.2) is 56.3 Å². The number of nitrogens with one attached hydrogen (secondary N) is 1. The van der Waals surface area contributed by atoms with Crippen molar-refractivity contribution < 1.29 is 19.1 Å². The zero-order chi connectivity index (χ0) is 16.3. The van der Waals surface area contributed by atoms with E-state index in [1.807, 2.05) is 0 Å². The number of esters is 2. The number of methoxy groups -OCH3 is 2. The van der Waals surface area contributed by atoms with Gasteiger partial charge in [-0.2, -0.15) is 0 Å². The lowest BCUT2D eigenvalue weighted by atomic mass is 10.1. The van der Waals surface area contributed by atoms with Crippen molar-refractivity contribution in [3.8, 4) is 0 Å². The Labute approximate surface area is 129 Å². The summed E-state index contributed by atoms with van der Waals surface area (Å²) < 4.78 is 9.41. The van der Waals surface area contributed by atoms with Crippen LogP contribution in [0, 0.1) is 0 Å². The van der Waals surface area contributed by atoms with Crippen LogP contribution in [0.5, 0.6) is 0 Å². The fourth-order valence-electron chi connectivity index (χ4n) is 2.65. The smallest absolute Gasteiger partial charge is 0.356 e. The molecule has 1 saturated heterocycles. The molecule has 1 aliphatic rings. The van der Waals surface area contributed by atoms with Gasteiger partial charge in [0.05, 0.1) is 14.2 Å². The van der Waals surface area contributed by atoms with Crippen molar-refractivity contribution in [2.75, 3.05) is 32.2 Å². The maximum Gasteiger partial charge on any atom is 0.356 e. The number of pyridine rings is 1. The highest BCUT2D eigenvalue weighted by atomic mass is 16.5. The Hall–Kier alpha value is -2.15. The molecule has 120 valence electrons. The van der Waals surface area contributed by atoms with Crippen LogP contribution < -0.4 is 10.2 Å². The van der Waals surface area contributed by atoms with Crippen molar-refractivity contribution in [2.45, 2.75) is 25.9 Å². The molecule has 2 heterocycles. The maximum absolute atomic E-state index is 11.8. The molecule has 7 heteroatoms. The standard InChI is InChI=1S/C15H21N3O4/c1-9-7-18(8-10(2)16-9)11-5-12(14(19)21-3)17-13(6-11)15(20)22-4/h5-6,9-10,16H,7-8H2,1-4H3/t9-,10+. The Morgan fingerprint density at radius 3 is 1.95 bits per heavy atom. The summed E-state index contributed by atoms with van der Waals surface area (Å²) in [4.78, 5) is 29.7. The van der Waals surface area contributed by atoms with Crippen LogP contribution >= 0.6 is 0 Å². The monoisotopic (exact) mass is 307 g/mol. The number of carbonyl (C=O) groups is 2. The number of aromatic nitrogens is 1. The average Bonchev–Trinajstić information content (AvgIpc) is 2.51. The van der Waals surface area contributed by atoms with Crippen molar-refractivity contribution in [1.82, 2.24) is 10.3 Å². The van der Waals surface area contributed by atoms with E-state index in [2.05, 4.69) is 29.0 Å². The summed E-state index contributed by atoms with van der Waals surface area (Å²) in [5.41, 5.74) is 0.953.